The first-order chi connectivity index (χ1) is 15.6. The number of fused-ring (bicyclic) bond motifs is 1. The first-order valence-corrected chi connectivity index (χ1v) is 10.8. The minimum atomic E-state index is -0.853. The number of anilines is 1. The van der Waals surface area contributed by atoms with Crippen molar-refractivity contribution < 1.29 is 9.90 Å². The summed E-state index contributed by atoms with van der Waals surface area (Å²) >= 11 is 0. The van der Waals surface area contributed by atoms with E-state index in [2.05, 4.69) is 46.0 Å². The highest BCUT2D eigenvalue weighted by molar-refractivity contribution is 5.70. The van der Waals surface area contributed by atoms with Crippen molar-refractivity contribution in [2.24, 2.45) is 5.92 Å². The van der Waals surface area contributed by atoms with Gasteiger partial charge in [-0.3, -0.25) is 9.78 Å². The maximum absolute atomic E-state index is 10.8. The number of nitrogens with zero attached hydrogens (tertiary/aromatic N) is 2. The van der Waals surface area contributed by atoms with Gasteiger partial charge in [0.15, 0.2) is 0 Å². The number of rotatable bonds is 8. The zero-order valence-corrected chi connectivity index (χ0v) is 17.8. The minimum absolute atomic E-state index is 0.0115. The Kier molecular flexibility index (Phi) is 6.78. The fourth-order valence-corrected chi connectivity index (χ4v) is 4.34. The van der Waals surface area contributed by atoms with Crippen molar-refractivity contribution in [3.8, 4) is 6.07 Å². The topological polar surface area (TPSA) is 98.0 Å². The number of aromatic nitrogens is 1. The van der Waals surface area contributed by atoms with E-state index in [0.29, 0.717) is 11.5 Å². The Balaban J connectivity index is 1.46. The van der Waals surface area contributed by atoms with Crippen molar-refractivity contribution in [1.82, 2.24) is 10.3 Å². The summed E-state index contributed by atoms with van der Waals surface area (Å²) in [6.45, 7) is 1.57. The first-order valence-electron chi connectivity index (χ1n) is 10.8. The van der Waals surface area contributed by atoms with E-state index >= 15 is 0 Å². The number of aliphatic carboxylic acids is 1. The van der Waals surface area contributed by atoms with Gasteiger partial charge in [0.05, 0.1) is 18.1 Å². The van der Waals surface area contributed by atoms with Crippen LogP contribution in [0, 0.1) is 17.2 Å². The maximum Gasteiger partial charge on any atom is 0.307 e. The maximum atomic E-state index is 10.8. The van der Waals surface area contributed by atoms with Gasteiger partial charge in [-0.1, -0.05) is 42.5 Å². The average Bonchev–Trinajstić information content (AvgIpc) is 2.82. The summed E-state index contributed by atoms with van der Waals surface area (Å²) in [5.74, 6) is -0.556. The van der Waals surface area contributed by atoms with E-state index in [1.807, 2.05) is 36.4 Å². The number of carboxylic acids is 1. The van der Waals surface area contributed by atoms with Crippen LogP contribution < -0.4 is 10.6 Å². The molecule has 4 rings (SSSR count). The van der Waals surface area contributed by atoms with Crippen molar-refractivity contribution in [3.05, 3.63) is 94.8 Å². The molecule has 3 N–H and O–H groups in total. The van der Waals surface area contributed by atoms with Crippen LogP contribution in [0.4, 0.5) is 5.69 Å². The summed E-state index contributed by atoms with van der Waals surface area (Å²) < 4.78 is 0. The summed E-state index contributed by atoms with van der Waals surface area (Å²) in [6, 6.07) is 22.4. The van der Waals surface area contributed by atoms with Crippen molar-refractivity contribution in [1.29, 1.82) is 5.26 Å². The molecule has 6 nitrogen and oxygen atoms in total. The molecule has 1 aliphatic rings. The molecule has 0 saturated carbocycles. The highest BCUT2D eigenvalue weighted by atomic mass is 16.4. The van der Waals surface area contributed by atoms with Gasteiger partial charge in [-0.25, -0.2) is 0 Å². The number of nitrogens with one attached hydrogen (secondary N) is 2. The number of carbonyl (C=O) groups is 1. The van der Waals surface area contributed by atoms with Crippen molar-refractivity contribution >= 4 is 11.7 Å². The summed E-state index contributed by atoms with van der Waals surface area (Å²) in [4.78, 5) is 15.3. The van der Waals surface area contributed by atoms with E-state index < -0.39 is 5.97 Å². The second-order valence-corrected chi connectivity index (χ2v) is 8.11. The molecule has 0 amide bonds. The highest BCUT2D eigenvalue weighted by Gasteiger charge is 2.28. The molecule has 1 aromatic heterocycles. The zero-order valence-electron chi connectivity index (χ0n) is 17.8. The van der Waals surface area contributed by atoms with Crippen LogP contribution in [0.5, 0.6) is 0 Å². The minimum Gasteiger partial charge on any atom is -0.481 e. The number of carboxylic acid groups (broad SMARTS) is 1. The van der Waals surface area contributed by atoms with Gasteiger partial charge >= 0.3 is 5.97 Å². The van der Waals surface area contributed by atoms with E-state index in [1.54, 1.807) is 6.20 Å². The Morgan fingerprint density at radius 3 is 2.75 bits per heavy atom. The molecule has 1 aliphatic heterocycles. The highest BCUT2D eigenvalue weighted by Crippen LogP contribution is 2.34. The molecule has 162 valence electrons. The Morgan fingerprint density at radius 2 is 2.03 bits per heavy atom. The Morgan fingerprint density at radius 1 is 1.19 bits per heavy atom. The molecule has 2 atom stereocenters. The molecule has 3 aromatic rings. The molecule has 6 heteroatoms. The molecule has 32 heavy (non-hydrogen) atoms. The van der Waals surface area contributed by atoms with Gasteiger partial charge in [0, 0.05) is 43.1 Å². The fraction of sp³-hybridized carbons (Fsp3) is 0.269. The SMILES string of the molecule is N#Cc1cccc2c1C[C@@H]([C@H](NCCc1ccc(CC(=O)O)cn1)c1ccccc1)CN2. The third kappa shape index (κ3) is 5.13. The lowest BCUT2D eigenvalue weighted by atomic mass is 9.83. The number of hydrogen-bond donors (Lipinski definition) is 3. The molecule has 2 aromatic carbocycles. The number of hydrogen-bond acceptors (Lipinski definition) is 5. The molecule has 0 fully saturated rings. The largest absolute Gasteiger partial charge is 0.481 e. The zero-order chi connectivity index (χ0) is 22.3. The normalized spacial score (nSPS) is 15.8. The van der Waals surface area contributed by atoms with E-state index in [-0.39, 0.29) is 12.5 Å². The van der Waals surface area contributed by atoms with E-state index in [4.69, 9.17) is 5.11 Å². The van der Waals surface area contributed by atoms with E-state index in [0.717, 1.165) is 48.4 Å². The van der Waals surface area contributed by atoms with Crippen LogP contribution in [0.2, 0.25) is 0 Å². The van der Waals surface area contributed by atoms with Gasteiger partial charge in [-0.15, -0.1) is 0 Å². The molecule has 0 unspecified atom stereocenters. The predicted octanol–water partition coefficient (Wildman–Crippen LogP) is 3.74. The quantitative estimate of drug-likeness (QED) is 0.508. The number of pyridine rings is 1. The average molecular weight is 427 g/mol. The molecule has 0 saturated heterocycles. The molecule has 0 aliphatic carbocycles. The smallest absolute Gasteiger partial charge is 0.307 e. The van der Waals surface area contributed by atoms with Crippen molar-refractivity contribution in [3.63, 3.8) is 0 Å². The Labute approximate surface area is 187 Å². The summed E-state index contributed by atoms with van der Waals surface area (Å²) in [6.07, 6.45) is 3.21. The third-order valence-corrected chi connectivity index (χ3v) is 5.93. The molecule has 2 heterocycles. The lowest BCUT2D eigenvalue weighted by Crippen LogP contribution is -2.37. The number of nitriles is 1. The summed E-state index contributed by atoms with van der Waals surface area (Å²) in [5.41, 5.74) is 5.73. The Bertz CT molecular complexity index is 1110. The van der Waals surface area contributed by atoms with Crippen LogP contribution in [0.25, 0.3) is 0 Å². The second kappa shape index (κ2) is 10.1. The standard InChI is InChI=1S/C26H26N4O2/c27-15-20-7-4-8-24-23(20)14-21(17-30-24)26(19-5-2-1-3-6-19)28-12-11-22-10-9-18(16-29-22)13-25(31)32/h1-10,16,21,26,28,30H,11-14,17H2,(H,31,32)/t21-,26-/m1/s1. The molecular weight excluding hydrogens is 400 g/mol. The predicted molar refractivity (Wildman–Crippen MR) is 123 cm³/mol. The third-order valence-electron chi connectivity index (χ3n) is 5.93. The molecular formula is C26H26N4O2. The van der Waals surface area contributed by atoms with Crippen LogP contribution in [0.15, 0.2) is 66.9 Å². The second-order valence-electron chi connectivity index (χ2n) is 8.11. The van der Waals surface area contributed by atoms with Gasteiger partial charge in [0.2, 0.25) is 0 Å². The van der Waals surface area contributed by atoms with Crippen LogP contribution in [0.3, 0.4) is 0 Å². The van der Waals surface area contributed by atoms with Gasteiger partial charge in [0.1, 0.15) is 0 Å². The molecule has 0 bridgehead atoms. The van der Waals surface area contributed by atoms with Gasteiger partial charge < -0.3 is 15.7 Å². The molecule has 0 spiro atoms. The Hall–Kier alpha value is -3.69. The van der Waals surface area contributed by atoms with Crippen LogP contribution >= 0.6 is 0 Å². The molecule has 0 radical (unpaired) electrons. The summed E-state index contributed by atoms with van der Waals surface area (Å²) in [5, 5.41) is 25.7. The monoisotopic (exact) mass is 426 g/mol. The van der Waals surface area contributed by atoms with Crippen LogP contribution in [-0.2, 0) is 24.1 Å². The van der Waals surface area contributed by atoms with Gasteiger partial charge in [-0.2, -0.15) is 5.26 Å². The lowest BCUT2D eigenvalue weighted by molar-refractivity contribution is -0.136. The first kappa shape index (κ1) is 21.5. The van der Waals surface area contributed by atoms with E-state index in [9.17, 15) is 10.1 Å². The van der Waals surface area contributed by atoms with Crippen molar-refractivity contribution in [2.75, 3.05) is 18.4 Å². The van der Waals surface area contributed by atoms with Crippen LogP contribution in [0.1, 0.15) is 34.0 Å². The number of benzene rings is 2. The van der Waals surface area contributed by atoms with E-state index in [1.165, 1.54) is 5.56 Å². The van der Waals surface area contributed by atoms with Gasteiger partial charge in [-0.05, 0) is 47.2 Å². The lowest BCUT2D eigenvalue weighted by Gasteiger charge is -2.34. The summed E-state index contributed by atoms with van der Waals surface area (Å²) in [7, 11) is 0. The fourth-order valence-electron chi connectivity index (χ4n) is 4.34. The van der Waals surface area contributed by atoms with Crippen molar-refractivity contribution in [2.45, 2.75) is 25.3 Å². The van der Waals surface area contributed by atoms with Gasteiger partial charge in [0.25, 0.3) is 0 Å². The van der Waals surface area contributed by atoms with Crippen LogP contribution in [-0.4, -0.2) is 29.1 Å².